The van der Waals surface area contributed by atoms with Gasteiger partial charge in [-0.1, -0.05) is 0 Å². The molecule has 0 saturated heterocycles. The maximum atomic E-state index is 11.4. The molecule has 0 aliphatic carbocycles. The van der Waals surface area contributed by atoms with E-state index in [1.807, 2.05) is 12.1 Å². The largest absolute Gasteiger partial charge is 0.419 e. The van der Waals surface area contributed by atoms with Crippen LogP contribution in [0.3, 0.4) is 0 Å². The number of aromatic amines is 1. The monoisotopic (exact) mass is 245 g/mol. The molecule has 0 radical (unpaired) electrons. The summed E-state index contributed by atoms with van der Waals surface area (Å²) in [7, 11) is 1.66. The Morgan fingerprint density at radius 3 is 3.06 bits per heavy atom. The van der Waals surface area contributed by atoms with Crippen molar-refractivity contribution in [3.63, 3.8) is 0 Å². The number of fused-ring (bicyclic) bond motifs is 1. The van der Waals surface area contributed by atoms with Crippen molar-refractivity contribution in [3.8, 4) is 11.3 Å². The van der Waals surface area contributed by atoms with Crippen LogP contribution in [0, 0.1) is 0 Å². The number of aromatic nitrogens is 3. The number of oxazole rings is 1. The molecule has 3 rings (SSSR count). The quantitative estimate of drug-likeness (QED) is 0.705. The second-order valence-electron chi connectivity index (χ2n) is 4.01. The van der Waals surface area contributed by atoms with Crippen LogP contribution >= 0.6 is 0 Å². The summed E-state index contributed by atoms with van der Waals surface area (Å²) in [6.07, 6.45) is 1.64. The van der Waals surface area contributed by atoms with Crippen molar-refractivity contribution in [2.24, 2.45) is 7.05 Å². The third-order valence-electron chi connectivity index (χ3n) is 2.88. The highest BCUT2D eigenvalue weighted by Crippen LogP contribution is 2.22. The van der Waals surface area contributed by atoms with Crippen LogP contribution in [0.5, 0.6) is 0 Å². The predicted molar refractivity (Wildman–Crippen MR) is 65.0 cm³/mol. The second-order valence-corrected chi connectivity index (χ2v) is 4.01. The zero-order valence-corrected chi connectivity index (χ0v) is 9.67. The van der Waals surface area contributed by atoms with Crippen LogP contribution < -0.4 is 5.76 Å². The van der Waals surface area contributed by atoms with E-state index in [0.717, 1.165) is 16.8 Å². The van der Waals surface area contributed by atoms with E-state index in [9.17, 15) is 4.79 Å². The molecule has 0 fully saturated rings. The maximum absolute atomic E-state index is 11.4. The highest BCUT2D eigenvalue weighted by molar-refractivity contribution is 5.79. The minimum atomic E-state index is -0.386. The average molecular weight is 245 g/mol. The van der Waals surface area contributed by atoms with Gasteiger partial charge < -0.3 is 14.5 Å². The van der Waals surface area contributed by atoms with Crippen molar-refractivity contribution in [1.82, 2.24) is 14.5 Å². The first-order chi connectivity index (χ1) is 8.69. The number of nitrogens with zero attached hydrogens (tertiary/aromatic N) is 2. The van der Waals surface area contributed by atoms with Gasteiger partial charge in [0, 0.05) is 12.6 Å². The Labute approximate surface area is 102 Å². The standard InChI is InChI=1S/C12H11N3O3/c1-15-9-4-7(2-3-10(9)18-12(15)17)8-5-13-11(6-16)14-8/h2-5,16H,6H2,1H3,(H,13,14). The number of rotatable bonds is 2. The van der Waals surface area contributed by atoms with Gasteiger partial charge >= 0.3 is 5.76 Å². The summed E-state index contributed by atoms with van der Waals surface area (Å²) in [6, 6.07) is 5.42. The number of benzene rings is 1. The van der Waals surface area contributed by atoms with Gasteiger partial charge in [-0.05, 0) is 18.2 Å². The third-order valence-corrected chi connectivity index (χ3v) is 2.88. The second kappa shape index (κ2) is 3.85. The number of hydrogen-bond donors (Lipinski definition) is 2. The van der Waals surface area contributed by atoms with Crippen LogP contribution in [-0.4, -0.2) is 19.6 Å². The molecule has 2 N–H and O–H groups in total. The molecule has 0 saturated carbocycles. The van der Waals surface area contributed by atoms with E-state index in [4.69, 9.17) is 9.52 Å². The number of hydrogen-bond acceptors (Lipinski definition) is 4. The van der Waals surface area contributed by atoms with E-state index in [1.165, 1.54) is 4.57 Å². The Kier molecular flexibility index (Phi) is 2.31. The fraction of sp³-hybridized carbons (Fsp3) is 0.167. The Morgan fingerprint density at radius 1 is 1.50 bits per heavy atom. The summed E-state index contributed by atoms with van der Waals surface area (Å²) in [5, 5.41) is 8.96. The minimum absolute atomic E-state index is 0.132. The third kappa shape index (κ3) is 1.54. The topological polar surface area (TPSA) is 84.1 Å². The summed E-state index contributed by atoms with van der Waals surface area (Å²) < 4.78 is 6.50. The molecular formula is C12H11N3O3. The molecule has 92 valence electrons. The molecule has 6 heteroatoms. The van der Waals surface area contributed by atoms with E-state index >= 15 is 0 Å². The Balaban J connectivity index is 2.18. The summed E-state index contributed by atoms with van der Waals surface area (Å²) in [6.45, 7) is -0.132. The first kappa shape index (κ1) is 10.8. The smallest absolute Gasteiger partial charge is 0.408 e. The van der Waals surface area contributed by atoms with Gasteiger partial charge in [-0.3, -0.25) is 4.57 Å². The molecule has 0 spiro atoms. The van der Waals surface area contributed by atoms with Gasteiger partial charge in [0.15, 0.2) is 5.58 Å². The van der Waals surface area contributed by atoms with Crippen LogP contribution in [0.15, 0.2) is 33.6 Å². The van der Waals surface area contributed by atoms with Crippen LogP contribution in [0.1, 0.15) is 5.82 Å². The molecular weight excluding hydrogens is 234 g/mol. The molecule has 2 heterocycles. The van der Waals surface area contributed by atoms with Crippen molar-refractivity contribution >= 4 is 11.1 Å². The van der Waals surface area contributed by atoms with Gasteiger partial charge in [-0.25, -0.2) is 9.78 Å². The molecule has 3 aromatic rings. The zero-order valence-electron chi connectivity index (χ0n) is 9.67. The fourth-order valence-corrected chi connectivity index (χ4v) is 1.88. The van der Waals surface area contributed by atoms with Gasteiger partial charge in [0.1, 0.15) is 12.4 Å². The first-order valence-electron chi connectivity index (χ1n) is 5.44. The molecule has 2 aromatic heterocycles. The summed E-state index contributed by atoms with van der Waals surface area (Å²) >= 11 is 0. The van der Waals surface area contributed by atoms with Crippen molar-refractivity contribution in [2.75, 3.05) is 0 Å². The average Bonchev–Trinajstić information content (AvgIpc) is 2.96. The van der Waals surface area contributed by atoms with Crippen LogP contribution in [0.25, 0.3) is 22.4 Å². The highest BCUT2D eigenvalue weighted by Gasteiger charge is 2.08. The van der Waals surface area contributed by atoms with Gasteiger partial charge in [0.25, 0.3) is 0 Å². The number of nitrogens with one attached hydrogen (secondary N) is 1. The number of H-pyrrole nitrogens is 1. The predicted octanol–water partition coefficient (Wildman–Crippen LogP) is 1.01. The fourth-order valence-electron chi connectivity index (χ4n) is 1.88. The van der Waals surface area contributed by atoms with Gasteiger partial charge in [0.05, 0.1) is 17.4 Å². The zero-order chi connectivity index (χ0) is 12.7. The lowest BCUT2D eigenvalue weighted by molar-refractivity contribution is 0.272. The van der Waals surface area contributed by atoms with E-state index in [-0.39, 0.29) is 12.4 Å². The lowest BCUT2D eigenvalue weighted by Crippen LogP contribution is -2.08. The molecule has 0 unspecified atom stereocenters. The molecule has 6 nitrogen and oxygen atoms in total. The molecule has 0 aliphatic heterocycles. The van der Waals surface area contributed by atoms with E-state index in [0.29, 0.717) is 11.4 Å². The molecule has 0 atom stereocenters. The Bertz CT molecular complexity index is 766. The van der Waals surface area contributed by atoms with Gasteiger partial charge in [-0.15, -0.1) is 0 Å². The normalized spacial score (nSPS) is 11.2. The van der Waals surface area contributed by atoms with E-state index < -0.39 is 0 Å². The maximum Gasteiger partial charge on any atom is 0.419 e. The molecule has 0 amide bonds. The summed E-state index contributed by atoms with van der Waals surface area (Å²) in [5.74, 6) is 0.119. The number of aryl methyl sites for hydroxylation is 1. The SMILES string of the molecule is Cn1c(=O)oc2ccc(-c3cnc(CO)[nH]3)cc21. The lowest BCUT2D eigenvalue weighted by Gasteiger charge is -1.98. The van der Waals surface area contributed by atoms with Crippen molar-refractivity contribution < 1.29 is 9.52 Å². The van der Waals surface area contributed by atoms with Gasteiger partial charge in [-0.2, -0.15) is 0 Å². The number of imidazole rings is 1. The van der Waals surface area contributed by atoms with Crippen molar-refractivity contribution in [2.45, 2.75) is 6.61 Å². The number of aliphatic hydroxyl groups excluding tert-OH is 1. The van der Waals surface area contributed by atoms with Crippen LogP contribution in [-0.2, 0) is 13.7 Å². The Hall–Kier alpha value is -2.34. The molecule has 0 bridgehead atoms. The van der Waals surface area contributed by atoms with Crippen molar-refractivity contribution in [3.05, 3.63) is 40.8 Å². The van der Waals surface area contributed by atoms with E-state index in [2.05, 4.69) is 9.97 Å². The van der Waals surface area contributed by atoms with E-state index in [1.54, 1.807) is 19.3 Å². The van der Waals surface area contributed by atoms with Crippen LogP contribution in [0.4, 0.5) is 0 Å². The van der Waals surface area contributed by atoms with Crippen LogP contribution in [0.2, 0.25) is 0 Å². The molecule has 1 aromatic carbocycles. The molecule has 0 aliphatic rings. The van der Waals surface area contributed by atoms with Crippen molar-refractivity contribution in [1.29, 1.82) is 0 Å². The first-order valence-corrected chi connectivity index (χ1v) is 5.44. The summed E-state index contributed by atoms with van der Waals surface area (Å²) in [5.41, 5.74) is 2.94. The highest BCUT2D eigenvalue weighted by atomic mass is 16.4. The lowest BCUT2D eigenvalue weighted by atomic mass is 10.1. The number of aliphatic hydroxyl groups is 1. The Morgan fingerprint density at radius 2 is 2.33 bits per heavy atom. The summed E-state index contributed by atoms with van der Waals surface area (Å²) in [4.78, 5) is 18.4. The molecule has 18 heavy (non-hydrogen) atoms. The minimum Gasteiger partial charge on any atom is -0.408 e. The van der Waals surface area contributed by atoms with Gasteiger partial charge in [0.2, 0.25) is 0 Å².